The minimum Gasteiger partial charge on any atom is -0.344 e. The topological polar surface area (TPSA) is 81.8 Å². The van der Waals surface area contributed by atoms with Gasteiger partial charge in [-0.15, -0.1) is 0 Å². The van der Waals surface area contributed by atoms with Gasteiger partial charge >= 0.3 is 6.03 Å². The van der Waals surface area contributed by atoms with Crippen LogP contribution in [0.1, 0.15) is 67.2 Å². The third-order valence-corrected chi connectivity index (χ3v) is 5.53. The fraction of sp³-hybridized carbons (Fsp3) is 0.857. The molecule has 0 aromatic heterocycles. The predicted octanol–water partition coefficient (Wildman–Crippen LogP) is 2.61. The fourth-order valence-electron chi connectivity index (χ4n) is 3.66. The number of hydrogen-bond acceptors (Lipinski definition) is 3. The molecule has 7 heteroatoms. The maximum absolute atomic E-state index is 13.1. The van der Waals surface area contributed by atoms with Crippen LogP contribution in [0.2, 0.25) is 0 Å². The second kappa shape index (κ2) is 11.9. The standard InChI is InChI=1S/C21H40N4O3/c1-7-10-11-17(8-2)19(26)23-18(15(4)5)20(27)24-12-13-25(16(6)14-24)21(28)22-9-3/h15-18H,7-14H2,1-6H3,(H,22,28)(H,23,26). The van der Waals surface area contributed by atoms with Gasteiger partial charge in [-0.25, -0.2) is 4.79 Å². The maximum atomic E-state index is 13.1. The van der Waals surface area contributed by atoms with Crippen molar-refractivity contribution in [2.75, 3.05) is 26.2 Å². The van der Waals surface area contributed by atoms with E-state index >= 15 is 0 Å². The summed E-state index contributed by atoms with van der Waals surface area (Å²) >= 11 is 0. The summed E-state index contributed by atoms with van der Waals surface area (Å²) in [5.41, 5.74) is 0. The number of piperazine rings is 1. The first-order chi connectivity index (χ1) is 13.3. The van der Waals surface area contributed by atoms with Gasteiger partial charge in [0.1, 0.15) is 6.04 Å². The zero-order chi connectivity index (χ0) is 21.3. The van der Waals surface area contributed by atoms with Crippen LogP contribution < -0.4 is 10.6 Å². The molecule has 0 spiro atoms. The number of hydrogen-bond donors (Lipinski definition) is 2. The molecular formula is C21H40N4O3. The van der Waals surface area contributed by atoms with Gasteiger partial charge in [0.2, 0.25) is 11.8 Å². The lowest BCUT2D eigenvalue weighted by molar-refractivity contribution is -0.140. The van der Waals surface area contributed by atoms with Crippen molar-refractivity contribution in [3.63, 3.8) is 0 Å². The Balaban J connectivity index is 2.75. The minimum absolute atomic E-state index is 0.0110. The second-order valence-electron chi connectivity index (χ2n) is 8.14. The molecule has 0 saturated carbocycles. The SMILES string of the molecule is CCCCC(CC)C(=O)NC(C(=O)N1CCN(C(=O)NCC)C(C)C1)C(C)C. The molecular weight excluding hydrogens is 356 g/mol. The molecule has 28 heavy (non-hydrogen) atoms. The first-order valence-electron chi connectivity index (χ1n) is 10.9. The Morgan fingerprint density at radius 1 is 1.11 bits per heavy atom. The van der Waals surface area contributed by atoms with Crippen LogP contribution in [0.5, 0.6) is 0 Å². The van der Waals surface area contributed by atoms with Crippen molar-refractivity contribution in [3.05, 3.63) is 0 Å². The molecule has 3 unspecified atom stereocenters. The Hall–Kier alpha value is -1.79. The predicted molar refractivity (Wildman–Crippen MR) is 112 cm³/mol. The molecule has 1 saturated heterocycles. The molecule has 0 aromatic rings. The number of unbranched alkanes of at least 4 members (excludes halogenated alkanes) is 1. The Morgan fingerprint density at radius 3 is 2.29 bits per heavy atom. The maximum Gasteiger partial charge on any atom is 0.317 e. The number of nitrogens with zero attached hydrogens (tertiary/aromatic N) is 2. The summed E-state index contributed by atoms with van der Waals surface area (Å²) in [6.07, 6.45) is 3.72. The summed E-state index contributed by atoms with van der Waals surface area (Å²) in [6, 6.07) is -0.662. The molecule has 3 atom stereocenters. The number of urea groups is 1. The lowest BCUT2D eigenvalue weighted by atomic mass is 9.96. The van der Waals surface area contributed by atoms with Crippen molar-refractivity contribution < 1.29 is 14.4 Å². The highest BCUT2D eigenvalue weighted by molar-refractivity contribution is 5.89. The van der Waals surface area contributed by atoms with Crippen LogP contribution in [0.25, 0.3) is 0 Å². The molecule has 2 N–H and O–H groups in total. The molecule has 0 aliphatic carbocycles. The van der Waals surface area contributed by atoms with E-state index in [4.69, 9.17) is 0 Å². The summed E-state index contributed by atoms with van der Waals surface area (Å²) in [5, 5.41) is 5.84. The summed E-state index contributed by atoms with van der Waals surface area (Å²) in [4.78, 5) is 41.5. The van der Waals surface area contributed by atoms with Crippen molar-refractivity contribution in [1.29, 1.82) is 0 Å². The summed E-state index contributed by atoms with van der Waals surface area (Å²) in [7, 11) is 0. The molecule has 7 nitrogen and oxygen atoms in total. The van der Waals surface area contributed by atoms with E-state index in [0.29, 0.717) is 26.2 Å². The van der Waals surface area contributed by atoms with Gasteiger partial charge in [0, 0.05) is 38.1 Å². The van der Waals surface area contributed by atoms with Crippen molar-refractivity contribution >= 4 is 17.8 Å². The monoisotopic (exact) mass is 396 g/mol. The van der Waals surface area contributed by atoms with E-state index in [1.165, 1.54) is 0 Å². The van der Waals surface area contributed by atoms with E-state index in [2.05, 4.69) is 17.6 Å². The van der Waals surface area contributed by atoms with E-state index in [1.807, 2.05) is 34.6 Å². The van der Waals surface area contributed by atoms with Crippen LogP contribution >= 0.6 is 0 Å². The largest absolute Gasteiger partial charge is 0.344 e. The van der Waals surface area contributed by atoms with Gasteiger partial charge in [0.05, 0.1) is 0 Å². The third-order valence-electron chi connectivity index (χ3n) is 5.53. The molecule has 1 heterocycles. The Labute approximate surface area is 170 Å². The van der Waals surface area contributed by atoms with Gasteiger partial charge in [0.15, 0.2) is 0 Å². The Morgan fingerprint density at radius 2 is 1.79 bits per heavy atom. The summed E-state index contributed by atoms with van der Waals surface area (Å²) < 4.78 is 0. The van der Waals surface area contributed by atoms with Gasteiger partial charge < -0.3 is 20.4 Å². The first kappa shape index (κ1) is 24.2. The smallest absolute Gasteiger partial charge is 0.317 e. The first-order valence-corrected chi connectivity index (χ1v) is 10.9. The average Bonchev–Trinajstić information content (AvgIpc) is 2.65. The second-order valence-corrected chi connectivity index (χ2v) is 8.14. The average molecular weight is 397 g/mol. The van der Waals surface area contributed by atoms with Gasteiger partial charge in [-0.1, -0.05) is 40.5 Å². The normalized spacial score (nSPS) is 19.3. The van der Waals surface area contributed by atoms with Crippen molar-refractivity contribution in [1.82, 2.24) is 20.4 Å². The molecule has 4 amide bonds. The van der Waals surface area contributed by atoms with Gasteiger partial charge in [-0.3, -0.25) is 9.59 Å². The number of rotatable bonds is 9. The van der Waals surface area contributed by atoms with E-state index in [0.717, 1.165) is 25.7 Å². The Kier molecular flexibility index (Phi) is 10.3. The van der Waals surface area contributed by atoms with Crippen LogP contribution in [-0.2, 0) is 9.59 Å². The van der Waals surface area contributed by atoms with E-state index in [9.17, 15) is 14.4 Å². The number of carbonyl (C=O) groups is 3. The fourth-order valence-corrected chi connectivity index (χ4v) is 3.66. The molecule has 1 rings (SSSR count). The zero-order valence-electron chi connectivity index (χ0n) is 18.6. The van der Waals surface area contributed by atoms with Crippen LogP contribution in [0, 0.1) is 11.8 Å². The summed E-state index contributed by atoms with van der Waals surface area (Å²) in [5.74, 6) is -0.0903. The lowest BCUT2D eigenvalue weighted by Crippen LogP contribution is -2.61. The molecule has 0 bridgehead atoms. The molecule has 1 aliphatic rings. The number of carbonyl (C=O) groups excluding carboxylic acids is 3. The lowest BCUT2D eigenvalue weighted by Gasteiger charge is -2.41. The zero-order valence-corrected chi connectivity index (χ0v) is 18.6. The highest BCUT2D eigenvalue weighted by Crippen LogP contribution is 2.17. The molecule has 1 fully saturated rings. The van der Waals surface area contributed by atoms with Crippen LogP contribution in [0.15, 0.2) is 0 Å². The quantitative estimate of drug-likeness (QED) is 0.628. The van der Waals surface area contributed by atoms with E-state index in [1.54, 1.807) is 9.80 Å². The van der Waals surface area contributed by atoms with Gasteiger partial charge in [-0.05, 0) is 32.6 Å². The highest BCUT2D eigenvalue weighted by Gasteiger charge is 2.35. The van der Waals surface area contributed by atoms with Gasteiger partial charge in [0.25, 0.3) is 0 Å². The van der Waals surface area contributed by atoms with Crippen molar-refractivity contribution in [2.24, 2.45) is 11.8 Å². The van der Waals surface area contributed by atoms with Crippen molar-refractivity contribution in [3.8, 4) is 0 Å². The number of amides is 4. The highest BCUT2D eigenvalue weighted by atomic mass is 16.2. The van der Waals surface area contributed by atoms with Crippen LogP contribution in [-0.4, -0.2) is 65.9 Å². The van der Waals surface area contributed by atoms with E-state index in [-0.39, 0.29) is 35.7 Å². The molecule has 0 aromatic carbocycles. The molecule has 1 aliphatic heterocycles. The van der Waals surface area contributed by atoms with Gasteiger partial charge in [-0.2, -0.15) is 0 Å². The summed E-state index contributed by atoms with van der Waals surface area (Å²) in [6.45, 7) is 14.0. The molecule has 0 radical (unpaired) electrons. The van der Waals surface area contributed by atoms with E-state index < -0.39 is 6.04 Å². The van der Waals surface area contributed by atoms with Crippen LogP contribution in [0.3, 0.4) is 0 Å². The molecule has 162 valence electrons. The van der Waals surface area contributed by atoms with Crippen LogP contribution in [0.4, 0.5) is 4.79 Å². The Bertz CT molecular complexity index is 524. The van der Waals surface area contributed by atoms with Crippen molar-refractivity contribution in [2.45, 2.75) is 79.3 Å². The minimum atomic E-state index is -0.522. The number of nitrogens with one attached hydrogen (secondary N) is 2. The third kappa shape index (κ3) is 6.67.